The number of carboxylic acid groups (broad SMARTS) is 1. The molecule has 2 amide bonds. The topological polar surface area (TPSA) is 138 Å². The molecule has 9 nitrogen and oxygen atoms in total. The maximum Gasteiger partial charge on any atom is 0.303 e. The number of rotatable bonds is 7. The lowest BCUT2D eigenvalue weighted by molar-refractivity contribution is -0.138. The third-order valence-electron chi connectivity index (χ3n) is 4.19. The maximum absolute atomic E-state index is 12.5. The fourth-order valence-corrected chi connectivity index (χ4v) is 3.39. The molecule has 1 heterocycles. The largest absolute Gasteiger partial charge is 0.481 e. The summed E-state index contributed by atoms with van der Waals surface area (Å²) >= 11 is 0. The van der Waals surface area contributed by atoms with E-state index in [1.54, 1.807) is 13.1 Å². The molecule has 1 aliphatic heterocycles. The number of anilines is 1. The van der Waals surface area contributed by atoms with Gasteiger partial charge < -0.3 is 14.9 Å². The molecule has 0 bridgehead atoms. The van der Waals surface area contributed by atoms with Crippen LogP contribution in [0, 0.1) is 5.92 Å². The lowest BCUT2D eigenvalue weighted by Gasteiger charge is -2.21. The van der Waals surface area contributed by atoms with E-state index in [1.807, 2.05) is 0 Å². The number of carbonyl (C=O) groups is 3. The van der Waals surface area contributed by atoms with Crippen LogP contribution < -0.4 is 10.0 Å². The Hall–Kier alpha value is -2.46. The van der Waals surface area contributed by atoms with E-state index >= 15 is 0 Å². The summed E-state index contributed by atoms with van der Waals surface area (Å²) in [6.07, 6.45) is 0.313. The van der Waals surface area contributed by atoms with Crippen LogP contribution in [0.4, 0.5) is 5.69 Å². The van der Waals surface area contributed by atoms with Crippen LogP contribution in [0.2, 0.25) is 0 Å². The summed E-state index contributed by atoms with van der Waals surface area (Å²) in [7, 11) is -2.33. The van der Waals surface area contributed by atoms with Crippen molar-refractivity contribution in [1.29, 1.82) is 0 Å². The minimum atomic E-state index is -3.89. The van der Waals surface area contributed by atoms with E-state index < -0.39 is 21.9 Å². The molecule has 2 rings (SSSR count). The van der Waals surface area contributed by atoms with Gasteiger partial charge in [-0.1, -0.05) is 6.07 Å². The van der Waals surface area contributed by atoms with Crippen molar-refractivity contribution in [2.24, 2.45) is 11.1 Å². The zero-order valence-corrected chi connectivity index (χ0v) is 15.1. The number of amides is 2. The SMILES string of the molecule is CN(CCCC(=O)O)C(=O)C1CC(=O)N(c2cccc(S(N)(=O)=O)c2)C1. The van der Waals surface area contributed by atoms with Crippen LogP contribution in [0.1, 0.15) is 19.3 Å². The van der Waals surface area contributed by atoms with E-state index in [2.05, 4.69) is 0 Å². The molecule has 10 heteroatoms. The first-order valence-corrected chi connectivity index (χ1v) is 9.54. The smallest absolute Gasteiger partial charge is 0.303 e. The standard InChI is InChI=1S/C16H21N3O6S/c1-18(7-3-6-15(21)22)16(23)11-8-14(20)19(10-11)12-4-2-5-13(9-12)26(17,24)25/h2,4-5,9,11H,3,6-8,10H2,1H3,(H,21,22)(H2,17,24,25). The number of carbonyl (C=O) groups excluding carboxylic acids is 2. The van der Waals surface area contributed by atoms with Gasteiger partial charge in [0.25, 0.3) is 0 Å². The Morgan fingerprint density at radius 1 is 1.38 bits per heavy atom. The number of primary sulfonamides is 1. The number of sulfonamides is 1. The predicted molar refractivity (Wildman–Crippen MR) is 92.8 cm³/mol. The summed E-state index contributed by atoms with van der Waals surface area (Å²) in [4.78, 5) is 37.9. The van der Waals surface area contributed by atoms with Crippen molar-refractivity contribution < 1.29 is 27.9 Å². The Bertz CT molecular complexity index is 823. The number of hydrogen-bond acceptors (Lipinski definition) is 5. The molecule has 0 saturated carbocycles. The second-order valence-corrected chi connectivity index (χ2v) is 7.77. The van der Waals surface area contributed by atoms with E-state index in [0.29, 0.717) is 12.1 Å². The molecule has 1 atom stereocenters. The number of hydrogen-bond donors (Lipinski definition) is 2. The number of benzene rings is 1. The second kappa shape index (κ2) is 7.83. The molecule has 26 heavy (non-hydrogen) atoms. The van der Waals surface area contributed by atoms with Crippen molar-refractivity contribution >= 4 is 33.5 Å². The van der Waals surface area contributed by atoms with Crippen molar-refractivity contribution in [3.05, 3.63) is 24.3 Å². The van der Waals surface area contributed by atoms with Crippen LogP contribution in [-0.4, -0.2) is 56.3 Å². The average molecular weight is 383 g/mol. The average Bonchev–Trinajstić information content (AvgIpc) is 2.95. The fraction of sp³-hybridized carbons (Fsp3) is 0.438. The van der Waals surface area contributed by atoms with E-state index in [4.69, 9.17) is 10.2 Å². The van der Waals surface area contributed by atoms with E-state index in [-0.39, 0.29) is 42.6 Å². The molecule has 1 aromatic rings. The van der Waals surface area contributed by atoms with E-state index in [0.717, 1.165) is 0 Å². The number of carboxylic acids is 1. The van der Waals surface area contributed by atoms with Crippen molar-refractivity contribution in [3.8, 4) is 0 Å². The van der Waals surface area contributed by atoms with Crippen molar-refractivity contribution in [1.82, 2.24) is 4.90 Å². The molecule has 1 saturated heterocycles. The normalized spacial score (nSPS) is 17.4. The summed E-state index contributed by atoms with van der Waals surface area (Å²) in [5.74, 6) is -2.01. The van der Waals surface area contributed by atoms with Gasteiger partial charge in [0.2, 0.25) is 21.8 Å². The van der Waals surface area contributed by atoms with Gasteiger partial charge in [0.05, 0.1) is 10.8 Å². The maximum atomic E-state index is 12.5. The van der Waals surface area contributed by atoms with Gasteiger partial charge in [-0.15, -0.1) is 0 Å². The van der Waals surface area contributed by atoms with Gasteiger partial charge in [-0.3, -0.25) is 14.4 Å². The Morgan fingerprint density at radius 3 is 2.69 bits per heavy atom. The summed E-state index contributed by atoms with van der Waals surface area (Å²) in [6, 6.07) is 5.69. The van der Waals surface area contributed by atoms with Crippen molar-refractivity contribution in [2.45, 2.75) is 24.2 Å². The van der Waals surface area contributed by atoms with Gasteiger partial charge >= 0.3 is 5.97 Å². The zero-order valence-electron chi connectivity index (χ0n) is 14.3. The fourth-order valence-electron chi connectivity index (χ4n) is 2.84. The Labute approximate surface area is 151 Å². The molecule has 0 aliphatic carbocycles. The quantitative estimate of drug-likeness (QED) is 0.680. The minimum Gasteiger partial charge on any atom is -0.481 e. The Kier molecular flexibility index (Phi) is 5.98. The van der Waals surface area contributed by atoms with Crippen LogP contribution in [0.15, 0.2) is 29.2 Å². The summed E-state index contributed by atoms with van der Waals surface area (Å²) in [6.45, 7) is 0.422. The lowest BCUT2D eigenvalue weighted by atomic mass is 10.1. The highest BCUT2D eigenvalue weighted by molar-refractivity contribution is 7.89. The number of nitrogens with zero attached hydrogens (tertiary/aromatic N) is 2. The Balaban J connectivity index is 2.06. The van der Waals surface area contributed by atoms with Gasteiger partial charge in [-0.25, -0.2) is 13.6 Å². The van der Waals surface area contributed by atoms with Gasteiger partial charge in [0.1, 0.15) is 0 Å². The molecule has 1 aromatic carbocycles. The lowest BCUT2D eigenvalue weighted by Crippen LogP contribution is -2.35. The summed E-state index contributed by atoms with van der Waals surface area (Å²) in [5, 5.41) is 13.8. The molecule has 0 aromatic heterocycles. The van der Waals surface area contributed by atoms with Gasteiger partial charge in [0, 0.05) is 38.7 Å². The van der Waals surface area contributed by atoms with Gasteiger partial charge in [-0.2, -0.15) is 0 Å². The molecule has 1 aliphatic rings. The predicted octanol–water partition coefficient (Wildman–Crippen LogP) is 0.0101. The first-order chi connectivity index (χ1) is 12.1. The van der Waals surface area contributed by atoms with Crippen LogP contribution in [0.5, 0.6) is 0 Å². The van der Waals surface area contributed by atoms with Crippen LogP contribution in [-0.2, 0) is 24.4 Å². The second-order valence-electron chi connectivity index (χ2n) is 6.20. The van der Waals surface area contributed by atoms with Crippen molar-refractivity contribution in [2.75, 3.05) is 25.0 Å². The molecule has 1 unspecified atom stereocenters. The first kappa shape index (κ1) is 19.9. The summed E-state index contributed by atoms with van der Waals surface area (Å²) in [5.41, 5.74) is 0.366. The number of nitrogens with two attached hydrogens (primary N) is 1. The zero-order chi connectivity index (χ0) is 19.5. The number of aliphatic carboxylic acids is 1. The van der Waals surface area contributed by atoms with Crippen LogP contribution in [0.3, 0.4) is 0 Å². The molecule has 142 valence electrons. The monoisotopic (exact) mass is 383 g/mol. The highest BCUT2D eigenvalue weighted by atomic mass is 32.2. The first-order valence-electron chi connectivity index (χ1n) is 7.99. The molecule has 0 radical (unpaired) electrons. The molecular weight excluding hydrogens is 362 g/mol. The third-order valence-corrected chi connectivity index (χ3v) is 5.10. The van der Waals surface area contributed by atoms with E-state index in [9.17, 15) is 22.8 Å². The van der Waals surface area contributed by atoms with Gasteiger partial charge in [0.15, 0.2) is 0 Å². The highest BCUT2D eigenvalue weighted by Gasteiger charge is 2.36. The van der Waals surface area contributed by atoms with Gasteiger partial charge in [-0.05, 0) is 24.6 Å². The van der Waals surface area contributed by atoms with E-state index in [1.165, 1.54) is 28.0 Å². The molecule has 1 fully saturated rings. The van der Waals surface area contributed by atoms with Crippen LogP contribution >= 0.6 is 0 Å². The Morgan fingerprint density at radius 2 is 2.08 bits per heavy atom. The molecular formula is C16H21N3O6S. The minimum absolute atomic E-state index is 0.0156. The van der Waals surface area contributed by atoms with Crippen molar-refractivity contribution in [3.63, 3.8) is 0 Å². The highest BCUT2D eigenvalue weighted by Crippen LogP contribution is 2.27. The molecule has 3 N–H and O–H groups in total. The summed E-state index contributed by atoms with van der Waals surface area (Å²) < 4.78 is 22.9. The third kappa shape index (κ3) is 4.79. The van der Waals surface area contributed by atoms with Crippen LogP contribution in [0.25, 0.3) is 0 Å². The molecule has 0 spiro atoms.